The summed E-state index contributed by atoms with van der Waals surface area (Å²) in [6.45, 7) is 0. The first-order valence-corrected chi connectivity index (χ1v) is 5.11. The van der Waals surface area contributed by atoms with Crippen molar-refractivity contribution < 1.29 is 18.0 Å². The minimum atomic E-state index is -4.25. The average Bonchev–Trinajstić information content (AvgIpc) is 2.14. The van der Waals surface area contributed by atoms with Gasteiger partial charge in [0.1, 0.15) is 6.29 Å². The zero-order valence-corrected chi connectivity index (χ0v) is 8.57. The Morgan fingerprint density at radius 2 is 1.80 bits per heavy atom. The second-order valence-electron chi connectivity index (χ2n) is 2.90. The van der Waals surface area contributed by atoms with E-state index >= 15 is 0 Å². The first-order chi connectivity index (χ1) is 7.01. The van der Waals surface area contributed by atoms with Gasteiger partial charge in [0.25, 0.3) is 0 Å². The lowest BCUT2D eigenvalue weighted by molar-refractivity contribution is -0.107. The third-order valence-corrected chi connectivity index (χ3v) is 2.45. The number of benzene rings is 1. The van der Waals surface area contributed by atoms with Crippen molar-refractivity contribution in [3.63, 3.8) is 0 Å². The van der Waals surface area contributed by atoms with E-state index < -0.39 is 5.51 Å². The number of carbonyl (C=O) groups is 1. The molecule has 0 N–H and O–H groups in total. The zero-order valence-electron chi connectivity index (χ0n) is 7.75. The van der Waals surface area contributed by atoms with Crippen LogP contribution in [-0.2, 0) is 11.2 Å². The summed E-state index contributed by atoms with van der Waals surface area (Å²) in [5, 5.41) is 0. The van der Waals surface area contributed by atoms with Gasteiger partial charge >= 0.3 is 5.51 Å². The van der Waals surface area contributed by atoms with Crippen LogP contribution in [0.25, 0.3) is 0 Å². The van der Waals surface area contributed by atoms with Crippen molar-refractivity contribution in [3.8, 4) is 0 Å². The van der Waals surface area contributed by atoms with Gasteiger partial charge in [-0.25, -0.2) is 0 Å². The molecule has 1 nitrogen and oxygen atoms in total. The fourth-order valence-electron chi connectivity index (χ4n) is 1.08. The Kier molecular flexibility index (Phi) is 4.20. The molecule has 0 aromatic heterocycles. The number of hydrogen-bond acceptors (Lipinski definition) is 2. The van der Waals surface area contributed by atoms with Crippen LogP contribution in [-0.4, -0.2) is 11.8 Å². The first-order valence-electron chi connectivity index (χ1n) is 4.29. The molecule has 0 bridgehead atoms. The summed E-state index contributed by atoms with van der Waals surface area (Å²) in [4.78, 5) is 10.2. The van der Waals surface area contributed by atoms with Crippen molar-refractivity contribution in [1.82, 2.24) is 0 Å². The predicted molar refractivity (Wildman–Crippen MR) is 52.7 cm³/mol. The number of alkyl halides is 3. The molecular weight excluding hydrogens is 225 g/mol. The van der Waals surface area contributed by atoms with Gasteiger partial charge in [-0.2, -0.15) is 13.2 Å². The van der Waals surface area contributed by atoms with E-state index in [9.17, 15) is 18.0 Å². The predicted octanol–water partition coefficient (Wildman–Crippen LogP) is 3.43. The Morgan fingerprint density at radius 1 is 1.20 bits per heavy atom. The van der Waals surface area contributed by atoms with Crippen LogP contribution < -0.4 is 0 Å². The lowest BCUT2D eigenvalue weighted by atomic mass is 10.1. The molecule has 0 atom stereocenters. The molecular formula is C10H9F3OS. The van der Waals surface area contributed by atoms with Crippen molar-refractivity contribution >= 4 is 18.0 Å². The van der Waals surface area contributed by atoms with Gasteiger partial charge in [0, 0.05) is 11.3 Å². The van der Waals surface area contributed by atoms with E-state index in [-0.39, 0.29) is 16.7 Å². The molecule has 0 amide bonds. The van der Waals surface area contributed by atoms with Crippen LogP contribution >= 0.6 is 11.8 Å². The minimum Gasteiger partial charge on any atom is -0.303 e. The normalized spacial score (nSPS) is 11.4. The van der Waals surface area contributed by atoms with Gasteiger partial charge in [-0.3, -0.25) is 0 Å². The summed E-state index contributed by atoms with van der Waals surface area (Å²) < 4.78 is 35.9. The van der Waals surface area contributed by atoms with E-state index in [1.165, 1.54) is 12.1 Å². The molecule has 0 unspecified atom stereocenters. The number of aryl methyl sites for hydroxylation is 1. The Hall–Kier alpha value is -0.970. The van der Waals surface area contributed by atoms with E-state index in [2.05, 4.69) is 0 Å². The van der Waals surface area contributed by atoms with E-state index in [0.29, 0.717) is 12.8 Å². The quantitative estimate of drug-likeness (QED) is 0.586. The maximum absolute atomic E-state index is 12.0. The van der Waals surface area contributed by atoms with Gasteiger partial charge in [-0.15, -0.1) is 0 Å². The summed E-state index contributed by atoms with van der Waals surface area (Å²) in [7, 11) is 0. The highest BCUT2D eigenvalue weighted by Crippen LogP contribution is 2.36. The molecule has 0 aliphatic carbocycles. The van der Waals surface area contributed by atoms with Gasteiger partial charge < -0.3 is 4.79 Å². The van der Waals surface area contributed by atoms with E-state index in [0.717, 1.165) is 11.8 Å². The van der Waals surface area contributed by atoms with Crippen molar-refractivity contribution in [3.05, 3.63) is 29.8 Å². The summed E-state index contributed by atoms with van der Waals surface area (Å²) in [5.74, 6) is 0. The highest BCUT2D eigenvalue weighted by atomic mass is 32.2. The van der Waals surface area contributed by atoms with E-state index in [1.54, 1.807) is 12.1 Å². The lowest BCUT2D eigenvalue weighted by Gasteiger charge is -2.05. The average molecular weight is 234 g/mol. The molecule has 0 spiro atoms. The van der Waals surface area contributed by atoms with Gasteiger partial charge in [0.05, 0.1) is 0 Å². The number of aldehydes is 1. The third kappa shape index (κ3) is 4.88. The lowest BCUT2D eigenvalue weighted by Crippen LogP contribution is -1.98. The van der Waals surface area contributed by atoms with E-state index in [1.807, 2.05) is 0 Å². The van der Waals surface area contributed by atoms with Crippen molar-refractivity contribution in [2.45, 2.75) is 23.2 Å². The van der Waals surface area contributed by atoms with E-state index in [4.69, 9.17) is 0 Å². The third-order valence-electron chi connectivity index (χ3n) is 1.71. The molecule has 0 radical (unpaired) electrons. The van der Waals surface area contributed by atoms with Crippen LogP contribution in [0.2, 0.25) is 0 Å². The minimum absolute atomic E-state index is 0.136. The topological polar surface area (TPSA) is 17.1 Å². The molecule has 0 saturated heterocycles. The monoisotopic (exact) mass is 234 g/mol. The van der Waals surface area contributed by atoms with Crippen LogP contribution in [0.5, 0.6) is 0 Å². The van der Waals surface area contributed by atoms with Crippen LogP contribution in [0, 0.1) is 0 Å². The Balaban J connectivity index is 2.60. The number of thioether (sulfide) groups is 1. The molecule has 1 rings (SSSR count). The summed E-state index contributed by atoms with van der Waals surface area (Å²) in [6.07, 6.45) is 1.75. The molecule has 1 aromatic rings. The Labute approximate surface area is 89.7 Å². The highest BCUT2D eigenvalue weighted by Gasteiger charge is 2.28. The molecule has 0 aliphatic rings. The first kappa shape index (κ1) is 12.1. The molecule has 15 heavy (non-hydrogen) atoms. The van der Waals surface area contributed by atoms with Gasteiger partial charge in [0.2, 0.25) is 0 Å². The maximum Gasteiger partial charge on any atom is 0.446 e. The molecule has 0 heterocycles. The molecule has 82 valence electrons. The van der Waals surface area contributed by atoms with Crippen LogP contribution in [0.15, 0.2) is 29.2 Å². The molecule has 0 fully saturated rings. The zero-order chi connectivity index (χ0) is 11.3. The summed E-state index contributed by atoms with van der Waals surface area (Å²) in [5.41, 5.74) is -3.38. The van der Waals surface area contributed by atoms with Crippen LogP contribution in [0.3, 0.4) is 0 Å². The summed E-state index contributed by atoms with van der Waals surface area (Å²) in [6, 6.07) is 6.05. The fourth-order valence-corrected chi connectivity index (χ4v) is 1.62. The second-order valence-corrected chi connectivity index (χ2v) is 4.04. The molecule has 5 heteroatoms. The van der Waals surface area contributed by atoms with Crippen molar-refractivity contribution in [2.75, 3.05) is 0 Å². The van der Waals surface area contributed by atoms with Gasteiger partial charge in [-0.1, -0.05) is 12.1 Å². The molecule has 0 aliphatic heterocycles. The number of hydrogen-bond donors (Lipinski definition) is 0. The summed E-state index contributed by atoms with van der Waals surface area (Å²) >= 11 is -0.136. The second kappa shape index (κ2) is 5.21. The number of carbonyl (C=O) groups excluding carboxylic acids is 1. The Bertz CT molecular complexity index is 318. The Morgan fingerprint density at radius 3 is 2.27 bits per heavy atom. The van der Waals surface area contributed by atoms with Gasteiger partial charge in [0.15, 0.2) is 0 Å². The highest BCUT2D eigenvalue weighted by molar-refractivity contribution is 8.00. The maximum atomic E-state index is 12.0. The molecule has 0 saturated carbocycles. The number of rotatable bonds is 4. The molecule has 1 aromatic carbocycles. The number of halogens is 3. The van der Waals surface area contributed by atoms with Crippen LogP contribution in [0.4, 0.5) is 13.2 Å². The van der Waals surface area contributed by atoms with Gasteiger partial charge in [-0.05, 0) is 35.9 Å². The SMILES string of the molecule is O=CCCc1ccc(SC(F)(F)F)cc1. The largest absolute Gasteiger partial charge is 0.446 e. The van der Waals surface area contributed by atoms with Crippen LogP contribution in [0.1, 0.15) is 12.0 Å². The standard InChI is InChI=1S/C10H9F3OS/c11-10(12,13)15-9-5-3-8(4-6-9)2-1-7-14/h3-7H,1-2H2. The van der Waals surface area contributed by atoms with Crippen molar-refractivity contribution in [1.29, 1.82) is 0 Å². The smallest absolute Gasteiger partial charge is 0.303 e. The fraction of sp³-hybridized carbons (Fsp3) is 0.300. The van der Waals surface area contributed by atoms with Crippen molar-refractivity contribution in [2.24, 2.45) is 0 Å².